The molecule has 0 bridgehead atoms. The molecular formula is C22H26N2O3. The molecule has 5 heteroatoms. The van der Waals surface area contributed by atoms with E-state index in [0.29, 0.717) is 5.92 Å². The van der Waals surface area contributed by atoms with E-state index in [9.17, 15) is 9.90 Å². The second-order valence-corrected chi connectivity index (χ2v) is 7.55. The maximum atomic E-state index is 11.3. The first-order valence-corrected chi connectivity index (χ1v) is 9.61. The Kier molecular flexibility index (Phi) is 5.14. The van der Waals surface area contributed by atoms with E-state index in [1.807, 2.05) is 24.3 Å². The zero-order valence-corrected chi connectivity index (χ0v) is 15.6. The fourth-order valence-electron chi connectivity index (χ4n) is 4.31. The van der Waals surface area contributed by atoms with Crippen molar-refractivity contribution >= 4 is 11.6 Å². The molecule has 0 saturated carbocycles. The maximum Gasteiger partial charge on any atom is 0.221 e. The Morgan fingerprint density at radius 3 is 2.89 bits per heavy atom. The Hall–Kier alpha value is -2.37. The molecular weight excluding hydrogens is 340 g/mol. The number of carbonyl (C=O) groups is 1. The summed E-state index contributed by atoms with van der Waals surface area (Å²) >= 11 is 0. The molecule has 0 unspecified atom stereocenters. The van der Waals surface area contributed by atoms with E-state index in [1.54, 1.807) is 0 Å². The number of likely N-dealkylation sites (tertiary alicyclic amines) is 1. The van der Waals surface area contributed by atoms with Crippen LogP contribution in [0.2, 0.25) is 0 Å². The van der Waals surface area contributed by atoms with Gasteiger partial charge in [0.25, 0.3) is 0 Å². The molecule has 2 aromatic carbocycles. The van der Waals surface area contributed by atoms with Crippen LogP contribution in [0.5, 0.6) is 5.75 Å². The van der Waals surface area contributed by atoms with Gasteiger partial charge in [0.1, 0.15) is 11.9 Å². The Bertz CT molecular complexity index is 823. The van der Waals surface area contributed by atoms with Crippen LogP contribution in [0.25, 0.3) is 0 Å². The smallest absolute Gasteiger partial charge is 0.221 e. The van der Waals surface area contributed by atoms with Crippen LogP contribution in [-0.4, -0.2) is 41.7 Å². The standard InChI is InChI=1S/C22H26N2O3/c1-15(26)23-18-6-4-7-19(12-18)27-22-20-8-3-2-5-17(20)11-21(22)24-10-9-16(13-24)14-25/h2-8,12,16,21-22,25H,9-11,13-14H2,1H3,(H,23,26)/t16-,21+,22+/m1/s1. The number of nitrogens with one attached hydrogen (secondary N) is 1. The molecule has 1 aliphatic heterocycles. The minimum Gasteiger partial charge on any atom is -0.484 e. The van der Waals surface area contributed by atoms with Gasteiger partial charge in [0.05, 0.1) is 6.04 Å². The lowest BCUT2D eigenvalue weighted by molar-refractivity contribution is -0.114. The predicted octanol–water partition coefficient (Wildman–Crippen LogP) is 3.00. The van der Waals surface area contributed by atoms with Gasteiger partial charge >= 0.3 is 0 Å². The summed E-state index contributed by atoms with van der Waals surface area (Å²) < 4.78 is 6.46. The molecule has 5 nitrogen and oxygen atoms in total. The molecule has 142 valence electrons. The van der Waals surface area contributed by atoms with Crippen molar-refractivity contribution in [2.24, 2.45) is 5.92 Å². The van der Waals surface area contributed by atoms with E-state index in [0.717, 1.165) is 37.4 Å². The number of aliphatic hydroxyl groups is 1. The van der Waals surface area contributed by atoms with Gasteiger partial charge in [-0.05, 0) is 48.6 Å². The zero-order chi connectivity index (χ0) is 18.8. The van der Waals surface area contributed by atoms with Crippen LogP contribution in [-0.2, 0) is 11.2 Å². The third kappa shape index (κ3) is 3.84. The Labute approximate surface area is 160 Å². The fraction of sp³-hybridized carbons (Fsp3) is 0.409. The number of fused-ring (bicyclic) bond motifs is 1. The molecule has 2 aromatic rings. The van der Waals surface area contributed by atoms with Crippen molar-refractivity contribution in [1.29, 1.82) is 0 Å². The SMILES string of the molecule is CC(=O)Nc1cccc(O[C@H]2c3ccccc3C[C@@H]2N2CC[C@@H](CO)C2)c1. The van der Waals surface area contributed by atoms with Crippen LogP contribution < -0.4 is 10.1 Å². The monoisotopic (exact) mass is 366 g/mol. The molecule has 2 aliphatic rings. The number of hydrogen-bond donors (Lipinski definition) is 2. The van der Waals surface area contributed by atoms with E-state index in [1.165, 1.54) is 18.1 Å². The van der Waals surface area contributed by atoms with Crippen molar-refractivity contribution in [2.45, 2.75) is 31.9 Å². The first-order chi connectivity index (χ1) is 13.1. The second-order valence-electron chi connectivity index (χ2n) is 7.55. The third-order valence-electron chi connectivity index (χ3n) is 5.60. The summed E-state index contributed by atoms with van der Waals surface area (Å²) in [5.41, 5.74) is 3.31. The quantitative estimate of drug-likeness (QED) is 0.854. The van der Waals surface area contributed by atoms with Gasteiger partial charge in [-0.25, -0.2) is 0 Å². The van der Waals surface area contributed by atoms with Crippen molar-refractivity contribution in [1.82, 2.24) is 4.90 Å². The number of hydrogen-bond acceptors (Lipinski definition) is 4. The van der Waals surface area contributed by atoms with Gasteiger partial charge in [-0.15, -0.1) is 0 Å². The summed E-state index contributed by atoms with van der Waals surface area (Å²) in [6, 6.07) is 16.3. The van der Waals surface area contributed by atoms with Crippen LogP contribution in [0, 0.1) is 5.92 Å². The molecule has 2 N–H and O–H groups in total. The van der Waals surface area contributed by atoms with E-state index < -0.39 is 0 Å². The van der Waals surface area contributed by atoms with Crippen molar-refractivity contribution in [3.63, 3.8) is 0 Å². The summed E-state index contributed by atoms with van der Waals surface area (Å²) in [7, 11) is 0. The highest BCUT2D eigenvalue weighted by Crippen LogP contribution is 2.40. The molecule has 27 heavy (non-hydrogen) atoms. The molecule has 4 rings (SSSR count). The average Bonchev–Trinajstić information content (AvgIpc) is 3.26. The normalized spacial score (nSPS) is 24.6. The summed E-state index contributed by atoms with van der Waals surface area (Å²) in [4.78, 5) is 13.8. The lowest BCUT2D eigenvalue weighted by Gasteiger charge is -2.30. The van der Waals surface area contributed by atoms with Crippen LogP contribution in [0.1, 0.15) is 30.6 Å². The first-order valence-electron chi connectivity index (χ1n) is 9.61. The Morgan fingerprint density at radius 1 is 1.26 bits per heavy atom. The van der Waals surface area contributed by atoms with Crippen LogP contribution >= 0.6 is 0 Å². The minimum absolute atomic E-state index is 0.0498. The lowest BCUT2D eigenvalue weighted by Crippen LogP contribution is -2.38. The lowest BCUT2D eigenvalue weighted by atomic mass is 10.1. The van der Waals surface area contributed by atoms with Gasteiger partial charge in [-0.1, -0.05) is 30.3 Å². The van der Waals surface area contributed by atoms with Gasteiger partial charge in [0.2, 0.25) is 5.91 Å². The molecule has 1 saturated heterocycles. The summed E-state index contributed by atoms with van der Waals surface area (Å²) in [6.07, 6.45) is 1.95. The number of anilines is 1. The number of aliphatic hydroxyl groups excluding tert-OH is 1. The number of ether oxygens (including phenoxy) is 1. The zero-order valence-electron chi connectivity index (χ0n) is 15.6. The highest BCUT2D eigenvalue weighted by Gasteiger charge is 2.40. The van der Waals surface area contributed by atoms with Crippen molar-refractivity contribution in [3.8, 4) is 5.75 Å². The van der Waals surface area contributed by atoms with Gasteiger partial charge < -0.3 is 15.2 Å². The maximum absolute atomic E-state index is 11.3. The van der Waals surface area contributed by atoms with Crippen molar-refractivity contribution in [2.75, 3.05) is 25.0 Å². The number of amides is 1. The summed E-state index contributed by atoms with van der Waals surface area (Å²) in [6.45, 7) is 3.67. The molecule has 1 amide bonds. The van der Waals surface area contributed by atoms with Crippen LogP contribution in [0.4, 0.5) is 5.69 Å². The van der Waals surface area contributed by atoms with E-state index >= 15 is 0 Å². The first kappa shape index (κ1) is 18.0. The van der Waals surface area contributed by atoms with E-state index in [-0.39, 0.29) is 24.7 Å². The minimum atomic E-state index is -0.0941. The Morgan fingerprint density at radius 2 is 2.11 bits per heavy atom. The van der Waals surface area contributed by atoms with Gasteiger partial charge in [-0.2, -0.15) is 0 Å². The van der Waals surface area contributed by atoms with Crippen LogP contribution in [0.15, 0.2) is 48.5 Å². The van der Waals surface area contributed by atoms with Crippen LogP contribution in [0.3, 0.4) is 0 Å². The Balaban J connectivity index is 1.58. The van der Waals surface area contributed by atoms with Crippen molar-refractivity contribution in [3.05, 3.63) is 59.7 Å². The molecule has 0 aromatic heterocycles. The topological polar surface area (TPSA) is 61.8 Å². The third-order valence-corrected chi connectivity index (χ3v) is 5.60. The summed E-state index contributed by atoms with van der Waals surface area (Å²) in [5, 5.41) is 12.3. The van der Waals surface area contributed by atoms with Crippen molar-refractivity contribution < 1.29 is 14.6 Å². The fourth-order valence-corrected chi connectivity index (χ4v) is 4.31. The predicted molar refractivity (Wildman–Crippen MR) is 105 cm³/mol. The highest BCUT2D eigenvalue weighted by molar-refractivity contribution is 5.88. The molecule has 0 radical (unpaired) electrons. The second kappa shape index (κ2) is 7.71. The molecule has 0 spiro atoms. The molecule has 1 aliphatic carbocycles. The number of nitrogens with zero attached hydrogens (tertiary/aromatic N) is 1. The van der Waals surface area contributed by atoms with Gasteiger partial charge in [0.15, 0.2) is 0 Å². The van der Waals surface area contributed by atoms with E-state index in [2.05, 4.69) is 34.5 Å². The summed E-state index contributed by atoms with van der Waals surface area (Å²) in [5.74, 6) is 1.02. The van der Waals surface area contributed by atoms with E-state index in [4.69, 9.17) is 4.74 Å². The van der Waals surface area contributed by atoms with Gasteiger partial charge in [-0.3, -0.25) is 9.69 Å². The number of rotatable bonds is 5. The molecule has 1 fully saturated rings. The van der Waals surface area contributed by atoms with Gasteiger partial charge in [0, 0.05) is 31.8 Å². The average molecular weight is 366 g/mol. The molecule has 1 heterocycles. The molecule has 3 atom stereocenters. The highest BCUT2D eigenvalue weighted by atomic mass is 16.5. The number of benzene rings is 2. The number of carbonyl (C=O) groups excluding carboxylic acids is 1. The largest absolute Gasteiger partial charge is 0.484 e.